The molecule has 0 N–H and O–H groups in total. The minimum Gasteiger partial charge on any atom is -0.281 e. The van der Waals surface area contributed by atoms with Crippen molar-refractivity contribution in [1.29, 1.82) is 0 Å². The summed E-state index contributed by atoms with van der Waals surface area (Å²) in [6.07, 6.45) is 1.49. The number of aryl methyl sites for hydroxylation is 1. The summed E-state index contributed by atoms with van der Waals surface area (Å²) in [7, 11) is -3.76. The average molecular weight is 305 g/mol. The molecule has 1 aromatic carbocycles. The summed E-state index contributed by atoms with van der Waals surface area (Å²) in [5, 5.41) is 0. The van der Waals surface area contributed by atoms with Crippen LogP contribution in [0.4, 0.5) is 15.9 Å². The highest BCUT2D eigenvalue weighted by atomic mass is 32.2. The first-order chi connectivity index (χ1) is 9.90. The minimum atomic E-state index is -3.76. The van der Waals surface area contributed by atoms with Gasteiger partial charge in [-0.1, -0.05) is 6.07 Å². The van der Waals surface area contributed by atoms with Gasteiger partial charge in [-0.25, -0.2) is 9.37 Å². The van der Waals surface area contributed by atoms with Crippen LogP contribution in [0.1, 0.15) is 12.5 Å². The molecule has 0 unspecified atom stereocenters. The minimum absolute atomic E-state index is 0.0107. The van der Waals surface area contributed by atoms with E-state index in [1.807, 2.05) is 0 Å². The molecule has 0 aliphatic carbocycles. The molecule has 2 heterocycles. The van der Waals surface area contributed by atoms with Crippen molar-refractivity contribution in [2.24, 2.45) is 4.40 Å². The summed E-state index contributed by atoms with van der Waals surface area (Å²) in [4.78, 5) is 5.66. The lowest BCUT2D eigenvalue weighted by Crippen LogP contribution is -2.30. The van der Waals surface area contributed by atoms with Crippen LogP contribution in [0.5, 0.6) is 0 Å². The molecule has 7 heteroatoms. The highest BCUT2D eigenvalue weighted by Gasteiger charge is 2.30. The largest absolute Gasteiger partial charge is 0.287 e. The highest BCUT2D eigenvalue weighted by molar-refractivity contribution is 7.90. The monoisotopic (exact) mass is 305 g/mol. The molecule has 0 saturated carbocycles. The molecule has 0 spiro atoms. The van der Waals surface area contributed by atoms with Gasteiger partial charge in [-0.3, -0.25) is 4.90 Å². The SMILES string of the molecule is CC1=NS(=O)(=O)c2cccnc2N1c1ccc(C)c(F)c1. The quantitative estimate of drug-likeness (QED) is 0.812. The zero-order valence-electron chi connectivity index (χ0n) is 11.4. The Balaban J connectivity index is 2.25. The van der Waals surface area contributed by atoms with E-state index in [9.17, 15) is 12.8 Å². The van der Waals surface area contributed by atoms with Crippen molar-refractivity contribution >= 4 is 27.4 Å². The summed E-state index contributed by atoms with van der Waals surface area (Å²) in [6.45, 7) is 3.21. The Kier molecular flexibility index (Phi) is 3.02. The Morgan fingerprint density at radius 3 is 2.67 bits per heavy atom. The second-order valence-electron chi connectivity index (χ2n) is 4.71. The number of pyridine rings is 1. The Morgan fingerprint density at radius 1 is 1.19 bits per heavy atom. The number of sulfonamides is 1. The van der Waals surface area contributed by atoms with Gasteiger partial charge < -0.3 is 0 Å². The fourth-order valence-electron chi connectivity index (χ4n) is 2.20. The molecular formula is C14H12FN3O2S. The standard InChI is InChI=1S/C14H12FN3O2S/c1-9-5-6-11(8-12(9)15)18-10(2)17-21(19,20)13-4-3-7-16-14(13)18/h3-8H,1-2H3. The predicted molar refractivity (Wildman–Crippen MR) is 77.8 cm³/mol. The van der Waals surface area contributed by atoms with Crippen molar-refractivity contribution in [2.45, 2.75) is 18.7 Å². The third kappa shape index (κ3) is 2.19. The van der Waals surface area contributed by atoms with Crippen LogP contribution in [0.15, 0.2) is 45.8 Å². The van der Waals surface area contributed by atoms with Crippen LogP contribution < -0.4 is 4.90 Å². The van der Waals surface area contributed by atoms with Gasteiger partial charge in [-0.2, -0.15) is 8.42 Å². The third-order valence-corrected chi connectivity index (χ3v) is 4.61. The first kappa shape index (κ1) is 13.7. The molecule has 5 nitrogen and oxygen atoms in total. The van der Waals surface area contributed by atoms with Crippen LogP contribution in [0, 0.1) is 12.7 Å². The van der Waals surface area contributed by atoms with Gasteiger partial charge in [-0.05, 0) is 43.7 Å². The number of fused-ring (bicyclic) bond motifs is 1. The summed E-state index contributed by atoms with van der Waals surface area (Å²) >= 11 is 0. The van der Waals surface area contributed by atoms with Crippen molar-refractivity contribution in [1.82, 2.24) is 4.98 Å². The first-order valence-electron chi connectivity index (χ1n) is 6.23. The number of anilines is 2. The second kappa shape index (κ2) is 4.63. The van der Waals surface area contributed by atoms with E-state index in [4.69, 9.17) is 0 Å². The van der Waals surface area contributed by atoms with Crippen molar-refractivity contribution in [3.63, 3.8) is 0 Å². The number of rotatable bonds is 1. The maximum absolute atomic E-state index is 13.8. The van der Waals surface area contributed by atoms with Gasteiger partial charge in [0.15, 0.2) is 5.82 Å². The molecule has 3 rings (SSSR count). The topological polar surface area (TPSA) is 62.6 Å². The lowest BCUT2D eigenvalue weighted by Gasteiger charge is -2.28. The van der Waals surface area contributed by atoms with Gasteiger partial charge in [0.05, 0.1) is 5.69 Å². The molecule has 0 atom stereocenters. The van der Waals surface area contributed by atoms with Crippen molar-refractivity contribution < 1.29 is 12.8 Å². The van der Waals surface area contributed by atoms with Gasteiger partial charge in [0.2, 0.25) is 0 Å². The molecule has 21 heavy (non-hydrogen) atoms. The zero-order valence-corrected chi connectivity index (χ0v) is 12.2. The number of hydrogen-bond donors (Lipinski definition) is 0. The number of aromatic nitrogens is 1. The van der Waals surface area contributed by atoms with E-state index in [0.29, 0.717) is 11.3 Å². The molecule has 108 valence electrons. The summed E-state index contributed by atoms with van der Waals surface area (Å²) < 4.78 is 41.6. The average Bonchev–Trinajstić information content (AvgIpc) is 2.42. The van der Waals surface area contributed by atoms with Gasteiger partial charge in [-0.15, -0.1) is 4.40 Å². The van der Waals surface area contributed by atoms with E-state index in [1.165, 1.54) is 29.3 Å². The van der Waals surface area contributed by atoms with Crippen molar-refractivity contribution in [2.75, 3.05) is 4.90 Å². The number of nitrogens with zero attached hydrogens (tertiary/aromatic N) is 3. The van der Waals surface area contributed by atoms with Crippen LogP contribution in [0.3, 0.4) is 0 Å². The first-order valence-corrected chi connectivity index (χ1v) is 7.67. The molecule has 1 aliphatic heterocycles. The zero-order chi connectivity index (χ0) is 15.2. The lowest BCUT2D eigenvalue weighted by atomic mass is 10.2. The maximum atomic E-state index is 13.8. The summed E-state index contributed by atoms with van der Waals surface area (Å²) in [5.41, 5.74) is 0.994. The molecule has 0 saturated heterocycles. The van der Waals surface area contributed by atoms with Gasteiger partial charge in [0.25, 0.3) is 10.0 Å². The second-order valence-corrected chi connectivity index (χ2v) is 6.28. The van der Waals surface area contributed by atoms with E-state index < -0.39 is 10.0 Å². The number of amidine groups is 1. The molecule has 0 bridgehead atoms. The van der Waals surface area contributed by atoms with Crippen LogP contribution >= 0.6 is 0 Å². The molecule has 1 aromatic heterocycles. The van der Waals surface area contributed by atoms with Crippen LogP contribution in [-0.4, -0.2) is 19.2 Å². The molecule has 2 aromatic rings. The summed E-state index contributed by atoms with van der Waals surface area (Å²) in [5.74, 6) is 0.0870. The highest BCUT2D eigenvalue weighted by Crippen LogP contribution is 2.35. The summed E-state index contributed by atoms with van der Waals surface area (Å²) in [6, 6.07) is 7.63. The number of hydrogen-bond acceptors (Lipinski definition) is 4. The Hall–Kier alpha value is -2.28. The molecule has 0 radical (unpaired) electrons. The Morgan fingerprint density at radius 2 is 1.95 bits per heavy atom. The normalized spacial score (nSPS) is 16.3. The van der Waals surface area contributed by atoms with E-state index in [2.05, 4.69) is 9.38 Å². The maximum Gasteiger partial charge on any atom is 0.287 e. The van der Waals surface area contributed by atoms with Crippen LogP contribution in [0.2, 0.25) is 0 Å². The van der Waals surface area contributed by atoms with Crippen molar-refractivity contribution in [3.05, 3.63) is 47.9 Å². The lowest BCUT2D eigenvalue weighted by molar-refractivity contribution is 0.596. The van der Waals surface area contributed by atoms with E-state index >= 15 is 0 Å². The number of halogens is 1. The molecule has 0 fully saturated rings. The Bertz CT molecular complexity index is 862. The molecule has 1 aliphatic rings. The Labute approximate surface area is 121 Å². The van der Waals surface area contributed by atoms with Gasteiger partial charge in [0.1, 0.15) is 16.5 Å². The fourth-order valence-corrected chi connectivity index (χ4v) is 3.35. The molecular weight excluding hydrogens is 293 g/mol. The van der Waals surface area contributed by atoms with Gasteiger partial charge in [0, 0.05) is 6.20 Å². The fraction of sp³-hybridized carbons (Fsp3) is 0.143. The smallest absolute Gasteiger partial charge is 0.281 e. The van der Waals surface area contributed by atoms with Gasteiger partial charge >= 0.3 is 0 Å². The third-order valence-electron chi connectivity index (χ3n) is 3.23. The van der Waals surface area contributed by atoms with E-state index in [1.54, 1.807) is 26.0 Å². The predicted octanol–water partition coefficient (Wildman–Crippen LogP) is 2.79. The number of benzene rings is 1. The molecule has 0 amide bonds. The van der Waals surface area contributed by atoms with Crippen molar-refractivity contribution in [3.8, 4) is 0 Å². The van der Waals surface area contributed by atoms with E-state index in [-0.39, 0.29) is 22.4 Å². The van der Waals surface area contributed by atoms with Crippen LogP contribution in [-0.2, 0) is 10.0 Å². The van der Waals surface area contributed by atoms with Crippen LogP contribution in [0.25, 0.3) is 0 Å². The van der Waals surface area contributed by atoms with E-state index in [0.717, 1.165) is 0 Å².